The summed E-state index contributed by atoms with van der Waals surface area (Å²) in [6, 6.07) is 22.6. The Morgan fingerprint density at radius 1 is 0.696 bits per heavy atom. The summed E-state index contributed by atoms with van der Waals surface area (Å²) < 4.78 is 0. The second-order valence-corrected chi connectivity index (χ2v) is 10.4. The third-order valence-electron chi connectivity index (χ3n) is 6.98. The number of carbonyl (C=O) groups excluding carboxylic acids is 5. The summed E-state index contributed by atoms with van der Waals surface area (Å²) in [5.74, 6) is 2.21. The minimum absolute atomic E-state index is 0.101. The van der Waals surface area contributed by atoms with Gasteiger partial charge in [0.05, 0.1) is 25.3 Å². The molecule has 0 aliphatic carbocycles. The number of carboxylic acids is 1. The monoisotopic (exact) mass is 623 g/mol. The van der Waals surface area contributed by atoms with Crippen LogP contribution < -0.4 is 26.2 Å². The quantitative estimate of drug-likeness (QED) is 0.176. The van der Waals surface area contributed by atoms with Crippen molar-refractivity contribution in [1.82, 2.24) is 21.3 Å². The second kappa shape index (κ2) is 16.2. The number of carboxylic acid groups (broad SMARTS) is 1. The van der Waals surface area contributed by atoms with E-state index in [1.165, 1.54) is 0 Å². The maximum absolute atomic E-state index is 13.3. The first-order valence-electron chi connectivity index (χ1n) is 14.5. The van der Waals surface area contributed by atoms with Crippen molar-refractivity contribution in [2.45, 2.75) is 31.8 Å². The van der Waals surface area contributed by atoms with Crippen LogP contribution in [0, 0.1) is 11.8 Å². The number of benzene rings is 3. The fraction of sp³-hybridized carbons (Fsp3) is 0.235. The first-order valence-corrected chi connectivity index (χ1v) is 14.5. The van der Waals surface area contributed by atoms with Gasteiger partial charge in [-0.15, -0.1) is 0 Å². The number of amides is 5. The van der Waals surface area contributed by atoms with Gasteiger partial charge in [-0.1, -0.05) is 72.5 Å². The summed E-state index contributed by atoms with van der Waals surface area (Å²) in [5, 5.41) is 18.4. The smallest absolute Gasteiger partial charge is 0.322 e. The van der Waals surface area contributed by atoms with Crippen LogP contribution in [0.2, 0.25) is 0 Å². The van der Waals surface area contributed by atoms with Gasteiger partial charge in [-0.2, -0.15) is 0 Å². The number of nitrogens with zero attached hydrogens (tertiary/aromatic N) is 1. The summed E-state index contributed by atoms with van der Waals surface area (Å²) in [7, 11) is 0. The van der Waals surface area contributed by atoms with Crippen LogP contribution in [0.15, 0.2) is 78.9 Å². The lowest BCUT2D eigenvalue weighted by atomic mass is 10.0. The Morgan fingerprint density at radius 3 is 2.09 bits per heavy atom. The summed E-state index contributed by atoms with van der Waals surface area (Å²) in [4.78, 5) is 75.6. The highest BCUT2D eigenvalue weighted by Crippen LogP contribution is 2.26. The van der Waals surface area contributed by atoms with Crippen molar-refractivity contribution in [3.63, 3.8) is 0 Å². The number of fused-ring (bicyclic) bond motifs is 2. The molecule has 0 fully saturated rings. The molecule has 1 atom stereocenters. The Bertz CT molecular complexity index is 1680. The van der Waals surface area contributed by atoms with Crippen molar-refractivity contribution >= 4 is 41.2 Å². The van der Waals surface area contributed by atoms with Crippen molar-refractivity contribution in [3.8, 4) is 11.8 Å². The first-order chi connectivity index (χ1) is 22.2. The number of nitrogens with one attached hydrogen (secondary N) is 4. The van der Waals surface area contributed by atoms with E-state index in [0.717, 1.165) is 16.7 Å². The maximum Gasteiger partial charge on any atom is 0.322 e. The third-order valence-corrected chi connectivity index (χ3v) is 6.98. The van der Waals surface area contributed by atoms with Crippen molar-refractivity contribution in [3.05, 3.63) is 101 Å². The van der Waals surface area contributed by atoms with E-state index in [-0.39, 0.29) is 25.2 Å². The molecular formula is C34H33N5O7. The molecule has 0 radical (unpaired) electrons. The molecule has 1 unspecified atom stereocenters. The fourth-order valence-electron chi connectivity index (χ4n) is 4.66. The third kappa shape index (κ3) is 9.78. The van der Waals surface area contributed by atoms with Gasteiger partial charge in [0.2, 0.25) is 29.5 Å². The van der Waals surface area contributed by atoms with E-state index < -0.39 is 55.3 Å². The Labute approximate surface area is 265 Å². The van der Waals surface area contributed by atoms with Crippen LogP contribution >= 0.6 is 0 Å². The van der Waals surface area contributed by atoms with Gasteiger partial charge in [-0.3, -0.25) is 28.8 Å². The van der Waals surface area contributed by atoms with E-state index in [4.69, 9.17) is 5.11 Å². The minimum atomic E-state index is -1.24. The van der Waals surface area contributed by atoms with Crippen molar-refractivity contribution in [2.75, 3.05) is 24.5 Å². The van der Waals surface area contributed by atoms with Gasteiger partial charge >= 0.3 is 5.97 Å². The standard InChI is InChI=1S/C34H33N5O7/c40-29(16-17-32(43)39-22-26-12-5-4-10-24(26)14-15-25-11-6-7-13-28(25)39)35-19-30(41)36-20-31(42)38-27(34(46)37-21-33(44)45)18-23-8-2-1-3-9-23/h1-13,27H,16-22H2,(H,35,40)(H,36,41)(H,37,46)(H,38,42)(H,44,45). The lowest BCUT2D eigenvalue weighted by Crippen LogP contribution is -2.51. The molecule has 3 aromatic carbocycles. The molecule has 12 heteroatoms. The summed E-state index contributed by atoms with van der Waals surface area (Å²) in [5.41, 5.74) is 3.79. The van der Waals surface area contributed by atoms with E-state index in [9.17, 15) is 28.8 Å². The molecule has 0 saturated carbocycles. The average molecular weight is 624 g/mol. The largest absolute Gasteiger partial charge is 0.480 e. The van der Waals surface area contributed by atoms with Crippen LogP contribution in [0.5, 0.6) is 0 Å². The molecule has 4 rings (SSSR count). The summed E-state index contributed by atoms with van der Waals surface area (Å²) in [6.07, 6.45) is -0.165. The van der Waals surface area contributed by atoms with Crippen LogP contribution in [-0.2, 0) is 41.7 Å². The number of carbonyl (C=O) groups is 6. The lowest BCUT2D eigenvalue weighted by Gasteiger charge is -2.26. The van der Waals surface area contributed by atoms with Crippen LogP contribution in [-0.4, -0.2) is 66.3 Å². The molecular weight excluding hydrogens is 590 g/mol. The molecule has 0 spiro atoms. The molecule has 1 aliphatic rings. The van der Waals surface area contributed by atoms with Crippen molar-refractivity contribution in [1.29, 1.82) is 0 Å². The number of hydrogen-bond acceptors (Lipinski definition) is 6. The molecule has 5 amide bonds. The van der Waals surface area contributed by atoms with Gasteiger partial charge < -0.3 is 31.3 Å². The summed E-state index contributed by atoms with van der Waals surface area (Å²) >= 11 is 0. The number of rotatable bonds is 13. The van der Waals surface area contributed by atoms with Gasteiger partial charge in [-0.05, 0) is 29.3 Å². The molecule has 0 saturated heterocycles. The minimum Gasteiger partial charge on any atom is -0.480 e. The molecule has 236 valence electrons. The Hall–Kier alpha value is -5.96. The highest BCUT2D eigenvalue weighted by molar-refractivity contribution is 5.97. The van der Waals surface area contributed by atoms with Crippen LogP contribution in [0.25, 0.3) is 0 Å². The fourth-order valence-corrected chi connectivity index (χ4v) is 4.66. The topological polar surface area (TPSA) is 174 Å². The van der Waals surface area contributed by atoms with Crippen LogP contribution in [0.4, 0.5) is 5.69 Å². The molecule has 1 heterocycles. The molecule has 46 heavy (non-hydrogen) atoms. The van der Waals surface area contributed by atoms with E-state index in [0.29, 0.717) is 17.8 Å². The van der Waals surface area contributed by atoms with E-state index in [1.54, 1.807) is 35.2 Å². The average Bonchev–Trinajstić information content (AvgIpc) is 3.05. The Balaban J connectivity index is 1.24. The van der Waals surface area contributed by atoms with Gasteiger partial charge in [0.1, 0.15) is 12.6 Å². The SMILES string of the molecule is O=C(O)CNC(=O)C(Cc1ccccc1)NC(=O)CNC(=O)CNC(=O)CCC(=O)N1Cc2ccccc2C#Cc2ccccc21. The first kappa shape index (κ1) is 32.9. The van der Waals surface area contributed by atoms with Gasteiger partial charge in [0.15, 0.2) is 0 Å². The normalized spacial score (nSPS) is 12.0. The highest BCUT2D eigenvalue weighted by Gasteiger charge is 2.23. The number of hydrogen-bond donors (Lipinski definition) is 5. The van der Waals surface area contributed by atoms with E-state index in [1.807, 2.05) is 48.5 Å². The molecule has 5 N–H and O–H groups in total. The zero-order valence-corrected chi connectivity index (χ0v) is 24.9. The van der Waals surface area contributed by atoms with Gasteiger partial charge in [-0.25, -0.2) is 0 Å². The predicted octanol–water partition coefficient (Wildman–Crippen LogP) is 0.874. The molecule has 0 aromatic heterocycles. The predicted molar refractivity (Wildman–Crippen MR) is 168 cm³/mol. The van der Waals surface area contributed by atoms with Crippen LogP contribution in [0.1, 0.15) is 35.1 Å². The summed E-state index contributed by atoms with van der Waals surface area (Å²) in [6.45, 7) is -1.23. The zero-order chi connectivity index (χ0) is 32.9. The number of para-hydroxylation sites is 1. The molecule has 1 aliphatic heterocycles. The van der Waals surface area contributed by atoms with Gasteiger partial charge in [0.25, 0.3) is 0 Å². The Kier molecular flexibility index (Phi) is 11.6. The zero-order valence-electron chi connectivity index (χ0n) is 24.9. The molecule has 0 bridgehead atoms. The Morgan fingerprint density at radius 2 is 1.33 bits per heavy atom. The highest BCUT2D eigenvalue weighted by atomic mass is 16.4. The number of anilines is 1. The van der Waals surface area contributed by atoms with Crippen LogP contribution in [0.3, 0.4) is 0 Å². The van der Waals surface area contributed by atoms with E-state index >= 15 is 0 Å². The molecule has 3 aromatic rings. The molecule has 12 nitrogen and oxygen atoms in total. The number of aliphatic carboxylic acids is 1. The lowest BCUT2D eigenvalue weighted by molar-refractivity contribution is -0.138. The maximum atomic E-state index is 13.3. The van der Waals surface area contributed by atoms with E-state index in [2.05, 4.69) is 33.1 Å². The van der Waals surface area contributed by atoms with Gasteiger partial charge in [0, 0.05) is 30.4 Å². The second-order valence-electron chi connectivity index (χ2n) is 10.4. The van der Waals surface area contributed by atoms with Crippen molar-refractivity contribution in [2.24, 2.45) is 0 Å². The van der Waals surface area contributed by atoms with Crippen molar-refractivity contribution < 1.29 is 33.9 Å².